The highest BCUT2D eigenvalue weighted by Gasteiger charge is 2.44. The Morgan fingerprint density at radius 3 is 2.67 bits per heavy atom. The smallest absolute Gasteiger partial charge is 0.327 e. The highest BCUT2D eigenvalue weighted by Crippen LogP contribution is 2.33. The molecular weight excluding hydrogens is 290 g/mol. The van der Waals surface area contributed by atoms with E-state index in [2.05, 4.69) is 4.90 Å². The molecule has 2 aliphatic rings. The largest absolute Gasteiger partial charge is 0.480 e. The Kier molecular flexibility index (Phi) is 5.37. The second-order valence-corrected chi connectivity index (χ2v) is 7.20. The lowest BCUT2D eigenvalue weighted by Gasteiger charge is -2.35. The maximum absolute atomic E-state index is 12.9. The summed E-state index contributed by atoms with van der Waals surface area (Å²) in [5, 5.41) is 9.35. The van der Waals surface area contributed by atoms with Gasteiger partial charge >= 0.3 is 12.0 Å². The van der Waals surface area contributed by atoms with E-state index in [1.54, 1.807) is 16.7 Å². The third-order valence-corrected chi connectivity index (χ3v) is 5.60. The van der Waals surface area contributed by atoms with Crippen LogP contribution in [0.15, 0.2) is 0 Å². The van der Waals surface area contributed by atoms with Gasteiger partial charge in [0.2, 0.25) is 0 Å². The molecule has 0 radical (unpaired) electrons. The normalized spacial score (nSPS) is 29.4. The highest BCUT2D eigenvalue weighted by molar-refractivity contribution is 8.00. The Hall–Kier alpha value is -0.950. The summed E-state index contributed by atoms with van der Waals surface area (Å²) >= 11 is 1.58. The van der Waals surface area contributed by atoms with Crippen LogP contribution in [0.1, 0.15) is 26.2 Å². The molecule has 2 rings (SSSR count). The summed E-state index contributed by atoms with van der Waals surface area (Å²) in [6.07, 6.45) is 2.78. The number of amides is 2. The molecule has 7 heteroatoms. The molecule has 3 atom stereocenters. The predicted molar refractivity (Wildman–Crippen MR) is 83.5 cm³/mol. The van der Waals surface area contributed by atoms with Gasteiger partial charge in [-0.2, -0.15) is 0 Å². The molecule has 1 N–H and O–H groups in total. The Labute approximate surface area is 130 Å². The van der Waals surface area contributed by atoms with Crippen molar-refractivity contribution in [2.75, 3.05) is 32.9 Å². The van der Waals surface area contributed by atoms with Crippen LogP contribution < -0.4 is 0 Å². The molecule has 3 unspecified atom stereocenters. The first-order valence-electron chi connectivity index (χ1n) is 7.53. The van der Waals surface area contributed by atoms with Gasteiger partial charge in [-0.3, -0.25) is 4.90 Å². The van der Waals surface area contributed by atoms with E-state index in [0.29, 0.717) is 5.75 Å². The first-order valence-corrected chi connectivity index (χ1v) is 8.58. The van der Waals surface area contributed by atoms with Gasteiger partial charge in [0.1, 0.15) is 6.04 Å². The quantitative estimate of drug-likeness (QED) is 0.849. The summed E-state index contributed by atoms with van der Waals surface area (Å²) in [6, 6.07) is -0.582. The van der Waals surface area contributed by atoms with Crippen LogP contribution in [-0.4, -0.2) is 82.2 Å². The van der Waals surface area contributed by atoms with Gasteiger partial charge in [0.25, 0.3) is 0 Å². The molecule has 6 nitrogen and oxygen atoms in total. The van der Waals surface area contributed by atoms with E-state index in [1.807, 2.05) is 25.9 Å². The number of aliphatic carboxylic acids is 1. The van der Waals surface area contributed by atoms with Gasteiger partial charge in [0.05, 0.1) is 5.37 Å². The van der Waals surface area contributed by atoms with E-state index in [-0.39, 0.29) is 17.4 Å². The first-order chi connectivity index (χ1) is 9.95. The fourth-order valence-electron chi connectivity index (χ4n) is 3.17. The van der Waals surface area contributed by atoms with E-state index in [0.717, 1.165) is 32.4 Å². The molecule has 2 fully saturated rings. The molecule has 120 valence electrons. The Bertz CT molecular complexity index is 405. The summed E-state index contributed by atoms with van der Waals surface area (Å²) in [6.45, 7) is 3.58. The fourth-order valence-corrected chi connectivity index (χ4v) is 4.51. The molecular formula is C14H25N3O3S. The summed E-state index contributed by atoms with van der Waals surface area (Å²) < 4.78 is 0. The van der Waals surface area contributed by atoms with E-state index in [4.69, 9.17) is 0 Å². The van der Waals surface area contributed by atoms with Crippen LogP contribution >= 0.6 is 11.8 Å². The second kappa shape index (κ2) is 6.87. The summed E-state index contributed by atoms with van der Waals surface area (Å²) in [4.78, 5) is 29.9. The van der Waals surface area contributed by atoms with Crippen LogP contribution in [0.2, 0.25) is 0 Å². The van der Waals surface area contributed by atoms with Gasteiger partial charge < -0.3 is 14.9 Å². The van der Waals surface area contributed by atoms with Gasteiger partial charge in [-0.15, -0.1) is 11.8 Å². The number of carboxylic acids is 1. The number of carbonyl (C=O) groups is 2. The summed E-state index contributed by atoms with van der Waals surface area (Å²) in [5.74, 6) is -0.402. The molecule has 2 saturated heterocycles. The van der Waals surface area contributed by atoms with Crippen LogP contribution in [0.3, 0.4) is 0 Å². The number of carbonyl (C=O) groups excluding carboxylic acids is 1. The average molecular weight is 315 g/mol. The number of rotatable bonds is 4. The van der Waals surface area contributed by atoms with E-state index in [1.165, 1.54) is 0 Å². The minimum Gasteiger partial charge on any atom is -0.480 e. The van der Waals surface area contributed by atoms with Crippen LogP contribution in [0, 0.1) is 0 Å². The van der Waals surface area contributed by atoms with Gasteiger partial charge in [-0.1, -0.05) is 6.92 Å². The van der Waals surface area contributed by atoms with Crippen LogP contribution in [0.25, 0.3) is 0 Å². The first kappa shape index (κ1) is 16.4. The molecule has 0 saturated carbocycles. The van der Waals surface area contributed by atoms with Crippen molar-refractivity contribution in [1.29, 1.82) is 0 Å². The number of nitrogens with zero attached hydrogens (tertiary/aromatic N) is 3. The van der Waals surface area contributed by atoms with Crippen LogP contribution in [-0.2, 0) is 4.79 Å². The summed E-state index contributed by atoms with van der Waals surface area (Å²) in [7, 11) is 4.00. The van der Waals surface area contributed by atoms with Gasteiger partial charge in [-0.25, -0.2) is 9.59 Å². The number of urea groups is 1. The fraction of sp³-hybridized carbons (Fsp3) is 0.857. The molecule has 2 heterocycles. The highest BCUT2D eigenvalue weighted by atomic mass is 32.2. The third-order valence-electron chi connectivity index (χ3n) is 4.15. The van der Waals surface area contributed by atoms with E-state index >= 15 is 0 Å². The molecule has 0 aromatic carbocycles. The number of hydrogen-bond acceptors (Lipinski definition) is 4. The molecule has 0 bridgehead atoms. The van der Waals surface area contributed by atoms with Crippen molar-refractivity contribution in [2.24, 2.45) is 0 Å². The lowest BCUT2D eigenvalue weighted by atomic mass is 10.2. The van der Waals surface area contributed by atoms with Crippen molar-refractivity contribution in [2.45, 2.75) is 43.6 Å². The minimum atomic E-state index is -0.893. The van der Waals surface area contributed by atoms with Crippen molar-refractivity contribution >= 4 is 23.8 Å². The maximum Gasteiger partial charge on any atom is 0.327 e. The minimum absolute atomic E-state index is 0.0146. The predicted octanol–water partition coefficient (Wildman–Crippen LogP) is 1.37. The van der Waals surface area contributed by atoms with Gasteiger partial charge in [-0.05, 0) is 33.4 Å². The molecule has 0 aromatic heterocycles. The zero-order valence-electron chi connectivity index (χ0n) is 13.0. The lowest BCUT2D eigenvalue weighted by molar-refractivity contribution is -0.141. The average Bonchev–Trinajstić information content (AvgIpc) is 3.02. The molecule has 2 amide bonds. The maximum atomic E-state index is 12.9. The number of thioether (sulfide) groups is 1. The zero-order chi connectivity index (χ0) is 15.6. The van der Waals surface area contributed by atoms with Crippen molar-refractivity contribution in [3.63, 3.8) is 0 Å². The molecule has 0 spiro atoms. The monoisotopic (exact) mass is 315 g/mol. The van der Waals surface area contributed by atoms with Crippen molar-refractivity contribution in [3.8, 4) is 0 Å². The topological polar surface area (TPSA) is 64.1 Å². The number of hydrogen-bond donors (Lipinski definition) is 1. The number of carboxylic acid groups (broad SMARTS) is 1. The zero-order valence-corrected chi connectivity index (χ0v) is 13.8. The van der Waals surface area contributed by atoms with Crippen molar-refractivity contribution in [3.05, 3.63) is 0 Å². The Balaban J connectivity index is 2.14. The number of likely N-dealkylation sites (tertiary alicyclic amines) is 1. The molecule has 0 aliphatic carbocycles. The Morgan fingerprint density at radius 2 is 2.10 bits per heavy atom. The lowest BCUT2D eigenvalue weighted by Crippen LogP contribution is -2.54. The SMILES string of the molecule is CCC1SCC(C(=O)O)N1C(=O)N1CCCC1CN(C)C. The summed E-state index contributed by atoms with van der Waals surface area (Å²) in [5.41, 5.74) is 0. The van der Waals surface area contributed by atoms with Crippen molar-refractivity contribution < 1.29 is 14.7 Å². The molecule has 21 heavy (non-hydrogen) atoms. The van der Waals surface area contributed by atoms with E-state index < -0.39 is 12.0 Å². The van der Waals surface area contributed by atoms with Crippen molar-refractivity contribution in [1.82, 2.24) is 14.7 Å². The third kappa shape index (κ3) is 3.45. The van der Waals surface area contributed by atoms with E-state index in [9.17, 15) is 14.7 Å². The van der Waals surface area contributed by atoms with Crippen LogP contribution in [0.5, 0.6) is 0 Å². The second-order valence-electron chi connectivity index (χ2n) is 5.99. The standard InChI is InChI=1S/C14H25N3O3S/c1-4-12-17(11(9-21-12)13(18)19)14(20)16-7-5-6-10(16)8-15(2)3/h10-12H,4-9H2,1-3H3,(H,18,19). The van der Waals surface area contributed by atoms with Gasteiger partial charge in [0.15, 0.2) is 0 Å². The van der Waals surface area contributed by atoms with Crippen LogP contribution in [0.4, 0.5) is 4.79 Å². The number of likely N-dealkylation sites (N-methyl/N-ethyl adjacent to an activating group) is 1. The molecule has 2 aliphatic heterocycles. The van der Waals surface area contributed by atoms with Gasteiger partial charge in [0, 0.05) is 24.9 Å². The Morgan fingerprint density at radius 1 is 1.38 bits per heavy atom. The molecule has 0 aromatic rings.